The summed E-state index contributed by atoms with van der Waals surface area (Å²) < 4.78 is 0.453. The maximum Gasteiger partial charge on any atom is 0.182 e. The van der Waals surface area contributed by atoms with Crippen molar-refractivity contribution in [2.75, 3.05) is 12.8 Å². The number of halogens is 1. The summed E-state index contributed by atoms with van der Waals surface area (Å²) in [7, 11) is 1.42. The van der Waals surface area contributed by atoms with Gasteiger partial charge < -0.3 is 10.6 Å². The van der Waals surface area contributed by atoms with Crippen molar-refractivity contribution < 1.29 is 4.84 Å². The van der Waals surface area contributed by atoms with Gasteiger partial charge in [-0.15, -0.1) is 0 Å². The lowest BCUT2D eigenvalue weighted by atomic mass is 10.3. The number of oxime groups is 1. The van der Waals surface area contributed by atoms with E-state index in [-0.39, 0.29) is 0 Å². The van der Waals surface area contributed by atoms with E-state index in [1.807, 2.05) is 0 Å². The molecule has 1 aromatic rings. The minimum absolute atomic E-state index is 0.376. The van der Waals surface area contributed by atoms with Gasteiger partial charge in [0.2, 0.25) is 0 Å². The molecule has 0 saturated heterocycles. The van der Waals surface area contributed by atoms with E-state index in [1.165, 1.54) is 23.8 Å². The molecular formula is C6H6ClN3OS2. The number of anilines is 1. The van der Waals surface area contributed by atoms with E-state index in [2.05, 4.69) is 15.0 Å². The molecule has 0 atom stereocenters. The lowest BCUT2D eigenvalue weighted by Crippen LogP contribution is -2.03. The van der Waals surface area contributed by atoms with Crippen LogP contribution in [-0.4, -0.2) is 23.2 Å². The molecule has 4 nitrogen and oxygen atoms in total. The van der Waals surface area contributed by atoms with Gasteiger partial charge in [0.1, 0.15) is 22.9 Å². The third-order valence-electron chi connectivity index (χ3n) is 1.15. The van der Waals surface area contributed by atoms with Crippen LogP contribution in [0.2, 0.25) is 4.34 Å². The van der Waals surface area contributed by atoms with Crippen LogP contribution in [0.3, 0.4) is 0 Å². The molecule has 0 aliphatic carbocycles. The van der Waals surface area contributed by atoms with Crippen LogP contribution in [0, 0.1) is 0 Å². The van der Waals surface area contributed by atoms with E-state index < -0.39 is 0 Å². The highest BCUT2D eigenvalue weighted by Gasteiger charge is 2.12. The van der Waals surface area contributed by atoms with Gasteiger partial charge in [-0.3, -0.25) is 0 Å². The first kappa shape index (κ1) is 10.4. The fraction of sp³-hybridized carbons (Fsp3) is 0.167. The smallest absolute Gasteiger partial charge is 0.182 e. The Bertz CT molecular complexity index is 350. The number of thiocarbonyl (C=S) groups is 1. The summed E-state index contributed by atoms with van der Waals surface area (Å²) in [5.74, 6) is 0. The van der Waals surface area contributed by atoms with Gasteiger partial charge in [-0.25, -0.2) is 4.98 Å². The van der Waals surface area contributed by atoms with Crippen LogP contribution in [0.4, 0.5) is 5.13 Å². The van der Waals surface area contributed by atoms with Crippen LogP contribution >= 0.6 is 35.2 Å². The van der Waals surface area contributed by atoms with Crippen molar-refractivity contribution in [2.24, 2.45) is 5.16 Å². The SMILES string of the molecule is CON=C(C=S)c1nc(N)sc1Cl. The fourth-order valence-corrected chi connectivity index (χ4v) is 1.79. The number of hydrogen-bond donors (Lipinski definition) is 1. The van der Waals surface area contributed by atoms with Gasteiger partial charge in [-0.2, -0.15) is 0 Å². The number of nitrogens with zero attached hydrogens (tertiary/aromatic N) is 2. The standard InChI is InChI=1S/C6H6ClN3OS2/c1-11-10-3(2-12)4-5(7)13-6(8)9-4/h2H,1H3,(H2,8,9). The molecule has 2 N–H and O–H groups in total. The van der Waals surface area contributed by atoms with Crippen molar-refractivity contribution >= 4 is 51.4 Å². The van der Waals surface area contributed by atoms with Crippen molar-refractivity contribution in [3.8, 4) is 0 Å². The Morgan fingerprint density at radius 3 is 2.92 bits per heavy atom. The molecule has 1 heterocycles. The maximum atomic E-state index is 5.83. The van der Waals surface area contributed by atoms with Crippen molar-refractivity contribution in [3.05, 3.63) is 10.0 Å². The van der Waals surface area contributed by atoms with Crippen LogP contribution in [0.15, 0.2) is 5.16 Å². The minimum atomic E-state index is 0.376. The molecule has 0 amide bonds. The first-order valence-electron chi connectivity index (χ1n) is 3.17. The van der Waals surface area contributed by atoms with Crippen LogP contribution in [0.5, 0.6) is 0 Å². The monoisotopic (exact) mass is 235 g/mol. The number of thiazole rings is 1. The molecule has 0 radical (unpaired) electrons. The Labute approximate surface area is 89.4 Å². The molecule has 0 aliphatic rings. The Morgan fingerprint density at radius 2 is 2.54 bits per heavy atom. The average molecular weight is 236 g/mol. The van der Waals surface area contributed by atoms with E-state index in [1.54, 1.807) is 0 Å². The van der Waals surface area contributed by atoms with Crippen molar-refractivity contribution in [1.82, 2.24) is 4.98 Å². The molecule has 0 saturated carbocycles. The van der Waals surface area contributed by atoms with Crippen LogP contribution in [0.25, 0.3) is 0 Å². The van der Waals surface area contributed by atoms with Crippen LogP contribution in [-0.2, 0) is 4.84 Å². The third kappa shape index (κ3) is 2.36. The molecule has 1 aromatic heterocycles. The van der Waals surface area contributed by atoms with Crippen molar-refractivity contribution in [3.63, 3.8) is 0 Å². The molecular weight excluding hydrogens is 230 g/mol. The summed E-state index contributed by atoms with van der Waals surface area (Å²) in [6.07, 6.45) is 0. The normalized spacial score (nSPS) is 11.4. The van der Waals surface area contributed by atoms with Crippen molar-refractivity contribution in [1.29, 1.82) is 0 Å². The van der Waals surface area contributed by atoms with E-state index in [4.69, 9.17) is 29.6 Å². The van der Waals surface area contributed by atoms with E-state index in [0.29, 0.717) is 20.9 Å². The highest BCUT2D eigenvalue weighted by molar-refractivity contribution is 7.80. The number of nitrogens with two attached hydrogens (primary N) is 1. The number of hydrogen-bond acceptors (Lipinski definition) is 6. The number of rotatable bonds is 3. The van der Waals surface area contributed by atoms with Gasteiger partial charge in [0.15, 0.2) is 5.13 Å². The van der Waals surface area contributed by atoms with E-state index in [0.717, 1.165) is 0 Å². The summed E-state index contributed by atoms with van der Waals surface area (Å²) in [5, 5.41) is 5.36. The zero-order valence-electron chi connectivity index (χ0n) is 6.65. The first-order valence-corrected chi connectivity index (χ1v) is 4.84. The maximum absolute atomic E-state index is 5.83. The second-order valence-electron chi connectivity index (χ2n) is 1.95. The first-order chi connectivity index (χ1) is 6.19. The molecule has 1 rings (SSSR count). The summed E-state index contributed by atoms with van der Waals surface area (Å²) >= 11 is 11.7. The van der Waals surface area contributed by atoms with Gasteiger partial charge in [0.05, 0.1) is 0 Å². The van der Waals surface area contributed by atoms with Crippen LogP contribution < -0.4 is 5.73 Å². The Kier molecular flexibility index (Phi) is 3.58. The van der Waals surface area contributed by atoms with E-state index in [9.17, 15) is 0 Å². The van der Waals surface area contributed by atoms with E-state index >= 15 is 0 Å². The Balaban J connectivity index is 3.11. The molecule has 0 unspecified atom stereocenters. The van der Waals surface area contributed by atoms with Crippen LogP contribution in [0.1, 0.15) is 5.69 Å². The zero-order chi connectivity index (χ0) is 9.84. The zero-order valence-corrected chi connectivity index (χ0v) is 9.04. The topological polar surface area (TPSA) is 60.5 Å². The second-order valence-corrected chi connectivity index (χ2v) is 3.82. The van der Waals surface area contributed by atoms with Crippen molar-refractivity contribution in [2.45, 2.75) is 0 Å². The van der Waals surface area contributed by atoms with Gasteiger partial charge in [0, 0.05) is 5.37 Å². The summed E-state index contributed by atoms with van der Waals surface area (Å²) in [6.45, 7) is 0. The molecule has 7 heteroatoms. The molecule has 0 aliphatic heterocycles. The molecule has 0 fully saturated rings. The lowest BCUT2D eigenvalue weighted by molar-refractivity contribution is 0.214. The quantitative estimate of drug-likeness (QED) is 0.493. The van der Waals surface area contributed by atoms with Gasteiger partial charge in [0.25, 0.3) is 0 Å². The molecule has 0 bridgehead atoms. The predicted octanol–water partition coefficient (Wildman–Crippen LogP) is 1.73. The Morgan fingerprint density at radius 1 is 1.85 bits per heavy atom. The Hall–Kier alpha value is -0.720. The van der Waals surface area contributed by atoms with Gasteiger partial charge in [-0.1, -0.05) is 40.3 Å². The fourth-order valence-electron chi connectivity index (χ4n) is 0.694. The summed E-state index contributed by atoms with van der Waals surface area (Å²) in [6, 6.07) is 0. The highest BCUT2D eigenvalue weighted by Crippen LogP contribution is 2.26. The third-order valence-corrected chi connectivity index (χ3v) is 2.45. The number of aromatic nitrogens is 1. The molecule has 70 valence electrons. The van der Waals surface area contributed by atoms with Gasteiger partial charge >= 0.3 is 0 Å². The average Bonchev–Trinajstić information content (AvgIpc) is 2.41. The summed E-state index contributed by atoms with van der Waals surface area (Å²) in [4.78, 5) is 8.52. The van der Waals surface area contributed by atoms with Gasteiger partial charge in [-0.05, 0) is 0 Å². The molecule has 0 aromatic carbocycles. The minimum Gasteiger partial charge on any atom is -0.399 e. The lowest BCUT2D eigenvalue weighted by Gasteiger charge is -1.94. The summed E-state index contributed by atoms with van der Waals surface area (Å²) in [5.41, 5.74) is 6.31. The largest absolute Gasteiger partial charge is 0.399 e. The molecule has 0 spiro atoms. The highest BCUT2D eigenvalue weighted by atomic mass is 35.5. The number of nitrogen functional groups attached to an aromatic ring is 1. The second kappa shape index (κ2) is 4.50. The molecule has 13 heavy (non-hydrogen) atoms. The predicted molar refractivity (Wildman–Crippen MR) is 58.7 cm³/mol.